The highest BCUT2D eigenvalue weighted by Gasteiger charge is 2.40. The van der Waals surface area contributed by atoms with E-state index in [2.05, 4.69) is 5.32 Å². The first kappa shape index (κ1) is 16.3. The van der Waals surface area contributed by atoms with Gasteiger partial charge >= 0.3 is 6.18 Å². The van der Waals surface area contributed by atoms with Crippen LogP contribution in [0.1, 0.15) is 12.0 Å². The molecule has 1 saturated heterocycles. The molecule has 0 unspecified atom stereocenters. The van der Waals surface area contributed by atoms with E-state index < -0.39 is 36.3 Å². The molecule has 0 radical (unpaired) electrons. The molecule has 0 bridgehead atoms. The first-order chi connectivity index (χ1) is 10.2. The largest absolute Gasteiger partial charge is 0.406 e. The Kier molecular flexibility index (Phi) is 4.39. The van der Waals surface area contributed by atoms with Gasteiger partial charge in [0, 0.05) is 13.0 Å². The number of rotatable bonds is 3. The highest BCUT2D eigenvalue weighted by atomic mass is 19.4. The number of carbonyl (C=O) groups excluding carboxylic acids is 2. The van der Waals surface area contributed by atoms with Crippen molar-refractivity contribution in [1.82, 2.24) is 4.90 Å². The minimum atomic E-state index is -4.51. The van der Waals surface area contributed by atoms with Crippen molar-refractivity contribution in [2.24, 2.45) is 5.92 Å². The minimum absolute atomic E-state index is 0.0580. The quantitative estimate of drug-likeness (QED) is 0.871. The molecule has 1 aliphatic heterocycles. The van der Waals surface area contributed by atoms with Crippen molar-refractivity contribution in [3.8, 4) is 0 Å². The van der Waals surface area contributed by atoms with Crippen molar-refractivity contribution in [2.75, 3.05) is 18.4 Å². The van der Waals surface area contributed by atoms with E-state index in [0.717, 1.165) is 0 Å². The van der Waals surface area contributed by atoms with E-state index in [0.29, 0.717) is 10.5 Å². The molecule has 2 amide bonds. The van der Waals surface area contributed by atoms with Gasteiger partial charge in [0.25, 0.3) is 0 Å². The molecule has 0 spiro atoms. The number of benzene rings is 1. The number of nitrogens with zero attached hydrogens (tertiary/aromatic N) is 1. The van der Waals surface area contributed by atoms with Crippen LogP contribution in [-0.4, -0.2) is 36.0 Å². The molecular weight excluding hydrogens is 304 g/mol. The third kappa shape index (κ3) is 3.96. The van der Waals surface area contributed by atoms with Crippen LogP contribution in [0.2, 0.25) is 0 Å². The Labute approximate surface area is 124 Å². The molecule has 1 aromatic rings. The van der Waals surface area contributed by atoms with Crippen LogP contribution in [0.3, 0.4) is 0 Å². The summed E-state index contributed by atoms with van der Waals surface area (Å²) in [5.74, 6) is -2.96. The standard InChI is InChI=1S/C14H14F4N2O2/c1-8-2-3-11(10(15)4-8)19-13(22)9-5-12(21)20(6-9)7-14(16,17)18/h2-4,9H,5-7H2,1H3,(H,19,22)/t9-/m0/s1. The van der Waals surface area contributed by atoms with E-state index in [9.17, 15) is 27.2 Å². The minimum Gasteiger partial charge on any atom is -0.333 e. The summed E-state index contributed by atoms with van der Waals surface area (Å²) in [6.45, 7) is -0.0223. The van der Waals surface area contributed by atoms with Crippen molar-refractivity contribution in [3.63, 3.8) is 0 Å². The van der Waals surface area contributed by atoms with Crippen LogP contribution in [-0.2, 0) is 9.59 Å². The lowest BCUT2D eigenvalue weighted by Gasteiger charge is -2.18. The zero-order valence-corrected chi connectivity index (χ0v) is 11.7. The molecule has 1 N–H and O–H groups in total. The maximum absolute atomic E-state index is 13.6. The fraction of sp³-hybridized carbons (Fsp3) is 0.429. The Hall–Kier alpha value is -2.12. The SMILES string of the molecule is Cc1ccc(NC(=O)[C@H]2CC(=O)N(CC(F)(F)F)C2)c(F)c1. The van der Waals surface area contributed by atoms with E-state index >= 15 is 0 Å². The molecule has 8 heteroatoms. The lowest BCUT2D eigenvalue weighted by Crippen LogP contribution is -2.36. The maximum atomic E-state index is 13.6. The Morgan fingerprint density at radius 1 is 1.41 bits per heavy atom. The van der Waals surface area contributed by atoms with Crippen molar-refractivity contribution in [1.29, 1.82) is 0 Å². The van der Waals surface area contributed by atoms with Crippen LogP contribution >= 0.6 is 0 Å². The second kappa shape index (κ2) is 5.94. The van der Waals surface area contributed by atoms with E-state index in [1.807, 2.05) is 0 Å². The molecule has 0 saturated carbocycles. The summed E-state index contributed by atoms with van der Waals surface area (Å²) in [6.07, 6.45) is -4.82. The lowest BCUT2D eigenvalue weighted by atomic mass is 10.1. The number of anilines is 1. The van der Waals surface area contributed by atoms with Gasteiger partial charge in [-0.15, -0.1) is 0 Å². The third-order valence-corrected chi connectivity index (χ3v) is 3.34. The Bertz CT molecular complexity index is 601. The van der Waals surface area contributed by atoms with Crippen LogP contribution in [0.5, 0.6) is 0 Å². The number of amides is 2. The molecule has 1 aromatic carbocycles. The van der Waals surface area contributed by atoms with Crippen molar-refractivity contribution in [2.45, 2.75) is 19.5 Å². The Morgan fingerprint density at radius 2 is 2.09 bits per heavy atom. The van der Waals surface area contributed by atoms with E-state index in [-0.39, 0.29) is 18.7 Å². The molecule has 4 nitrogen and oxygen atoms in total. The molecule has 0 aromatic heterocycles. The number of alkyl halides is 3. The first-order valence-electron chi connectivity index (χ1n) is 6.57. The number of halogens is 4. The molecular formula is C14H14F4N2O2. The van der Waals surface area contributed by atoms with Crippen LogP contribution in [0, 0.1) is 18.7 Å². The molecule has 1 heterocycles. The molecule has 1 atom stereocenters. The number of likely N-dealkylation sites (tertiary alicyclic amines) is 1. The van der Waals surface area contributed by atoms with Crippen LogP contribution in [0.4, 0.5) is 23.2 Å². The van der Waals surface area contributed by atoms with Crippen LogP contribution in [0.15, 0.2) is 18.2 Å². The molecule has 22 heavy (non-hydrogen) atoms. The average Bonchev–Trinajstić information content (AvgIpc) is 2.72. The second-order valence-corrected chi connectivity index (χ2v) is 5.26. The van der Waals surface area contributed by atoms with Gasteiger partial charge in [-0.25, -0.2) is 4.39 Å². The number of hydrogen-bond donors (Lipinski definition) is 1. The average molecular weight is 318 g/mol. The van der Waals surface area contributed by atoms with Crippen molar-refractivity contribution >= 4 is 17.5 Å². The summed E-state index contributed by atoms with van der Waals surface area (Å²) in [4.78, 5) is 24.1. The van der Waals surface area contributed by atoms with Gasteiger partial charge in [0.05, 0.1) is 11.6 Å². The number of hydrogen-bond acceptors (Lipinski definition) is 2. The van der Waals surface area contributed by atoms with E-state index in [1.165, 1.54) is 12.1 Å². The topological polar surface area (TPSA) is 49.4 Å². The summed E-state index contributed by atoms with van der Waals surface area (Å²) in [5, 5.41) is 2.31. The molecule has 120 valence electrons. The highest BCUT2D eigenvalue weighted by molar-refractivity contribution is 5.97. The van der Waals surface area contributed by atoms with Gasteiger partial charge in [-0.05, 0) is 24.6 Å². The first-order valence-corrected chi connectivity index (χ1v) is 6.57. The summed E-state index contributed by atoms with van der Waals surface area (Å²) >= 11 is 0. The van der Waals surface area contributed by atoms with Gasteiger partial charge in [-0.2, -0.15) is 13.2 Å². The van der Waals surface area contributed by atoms with Crippen LogP contribution < -0.4 is 5.32 Å². The van der Waals surface area contributed by atoms with E-state index in [4.69, 9.17) is 0 Å². The predicted molar refractivity (Wildman–Crippen MR) is 70.5 cm³/mol. The Balaban J connectivity index is 2.01. The van der Waals surface area contributed by atoms with E-state index in [1.54, 1.807) is 13.0 Å². The van der Waals surface area contributed by atoms with Gasteiger partial charge in [0.15, 0.2) is 0 Å². The third-order valence-electron chi connectivity index (χ3n) is 3.34. The highest BCUT2D eigenvalue weighted by Crippen LogP contribution is 2.25. The van der Waals surface area contributed by atoms with Gasteiger partial charge in [-0.1, -0.05) is 6.07 Å². The molecule has 1 aliphatic rings. The fourth-order valence-electron chi connectivity index (χ4n) is 2.27. The van der Waals surface area contributed by atoms with Gasteiger partial charge in [0.1, 0.15) is 12.4 Å². The van der Waals surface area contributed by atoms with Crippen molar-refractivity contribution in [3.05, 3.63) is 29.6 Å². The number of aryl methyl sites for hydroxylation is 1. The normalized spacial score (nSPS) is 18.7. The number of carbonyl (C=O) groups is 2. The van der Waals surface area contributed by atoms with Gasteiger partial charge in [-0.3, -0.25) is 9.59 Å². The van der Waals surface area contributed by atoms with Gasteiger partial charge < -0.3 is 10.2 Å². The molecule has 1 fully saturated rings. The van der Waals surface area contributed by atoms with Crippen LogP contribution in [0.25, 0.3) is 0 Å². The summed E-state index contributed by atoms with van der Waals surface area (Å²) < 4.78 is 50.5. The smallest absolute Gasteiger partial charge is 0.333 e. The van der Waals surface area contributed by atoms with Gasteiger partial charge in [0.2, 0.25) is 11.8 Å². The maximum Gasteiger partial charge on any atom is 0.406 e. The number of nitrogens with one attached hydrogen (secondary N) is 1. The lowest BCUT2D eigenvalue weighted by molar-refractivity contribution is -0.157. The fourth-order valence-corrected chi connectivity index (χ4v) is 2.27. The predicted octanol–water partition coefficient (Wildman–Crippen LogP) is 2.48. The monoisotopic (exact) mass is 318 g/mol. The summed E-state index contributed by atoms with van der Waals surface area (Å²) in [7, 11) is 0. The second-order valence-electron chi connectivity index (χ2n) is 5.26. The zero-order valence-electron chi connectivity index (χ0n) is 11.7. The molecule has 0 aliphatic carbocycles. The Morgan fingerprint density at radius 3 is 2.68 bits per heavy atom. The summed E-state index contributed by atoms with van der Waals surface area (Å²) in [6, 6.07) is 4.19. The summed E-state index contributed by atoms with van der Waals surface area (Å²) in [5.41, 5.74) is 0.611. The zero-order chi connectivity index (χ0) is 16.5. The molecule has 2 rings (SSSR count). The van der Waals surface area contributed by atoms with Crippen molar-refractivity contribution < 1.29 is 27.2 Å².